The zero-order valence-electron chi connectivity index (χ0n) is 14.0. The molecule has 0 aliphatic heterocycles. The topological polar surface area (TPSA) is 48.3 Å². The summed E-state index contributed by atoms with van der Waals surface area (Å²) in [7, 11) is 1.74. The molecule has 0 fully saturated rings. The Bertz CT molecular complexity index is 273. The summed E-state index contributed by atoms with van der Waals surface area (Å²) < 4.78 is 5.21. The van der Waals surface area contributed by atoms with Crippen LogP contribution in [0, 0.1) is 11.3 Å². The maximum atomic E-state index is 9.40. The molecule has 0 saturated carbocycles. The second-order valence-corrected chi connectivity index (χ2v) is 5.62. The van der Waals surface area contributed by atoms with E-state index < -0.39 is 5.54 Å². The highest BCUT2D eigenvalue weighted by Gasteiger charge is 2.25. The van der Waals surface area contributed by atoms with Crippen LogP contribution in [0.2, 0.25) is 0 Å². The first-order valence-electron chi connectivity index (χ1n) is 7.96. The van der Waals surface area contributed by atoms with Gasteiger partial charge in [-0.25, -0.2) is 0 Å². The van der Waals surface area contributed by atoms with Crippen molar-refractivity contribution in [3.63, 3.8) is 0 Å². The van der Waals surface area contributed by atoms with E-state index in [-0.39, 0.29) is 0 Å². The second kappa shape index (κ2) is 11.1. The standard InChI is InChI=1S/C16H33N3O/c1-6-10-18-16(4,14-17)9-11-19(12-13-20-5)15(7-2)8-3/h15,18H,6-13H2,1-5H3. The average Bonchev–Trinajstić information content (AvgIpc) is 2.48. The normalized spacial score (nSPS) is 14.5. The maximum Gasteiger partial charge on any atom is 0.105 e. The summed E-state index contributed by atoms with van der Waals surface area (Å²) in [6.07, 6.45) is 4.19. The summed E-state index contributed by atoms with van der Waals surface area (Å²) in [5, 5.41) is 12.8. The Hall–Kier alpha value is -0.630. The van der Waals surface area contributed by atoms with Gasteiger partial charge in [-0.2, -0.15) is 5.26 Å². The molecule has 20 heavy (non-hydrogen) atoms. The third kappa shape index (κ3) is 7.23. The third-order valence-corrected chi connectivity index (χ3v) is 3.95. The Labute approximate surface area is 125 Å². The molecule has 0 aromatic carbocycles. The summed E-state index contributed by atoms with van der Waals surface area (Å²) >= 11 is 0. The minimum Gasteiger partial charge on any atom is -0.383 e. The van der Waals surface area contributed by atoms with Crippen LogP contribution < -0.4 is 5.32 Å². The van der Waals surface area contributed by atoms with Crippen molar-refractivity contribution in [2.24, 2.45) is 0 Å². The number of hydrogen-bond acceptors (Lipinski definition) is 4. The summed E-state index contributed by atoms with van der Waals surface area (Å²) in [5.74, 6) is 0. The van der Waals surface area contributed by atoms with Crippen LogP contribution in [0.1, 0.15) is 53.4 Å². The molecule has 1 atom stereocenters. The lowest BCUT2D eigenvalue weighted by molar-refractivity contribution is 0.109. The molecule has 0 amide bonds. The largest absolute Gasteiger partial charge is 0.383 e. The lowest BCUT2D eigenvalue weighted by atomic mass is 9.98. The van der Waals surface area contributed by atoms with Crippen LogP contribution in [-0.2, 0) is 4.74 Å². The van der Waals surface area contributed by atoms with Crippen molar-refractivity contribution in [3.05, 3.63) is 0 Å². The van der Waals surface area contributed by atoms with E-state index in [2.05, 4.69) is 37.1 Å². The highest BCUT2D eigenvalue weighted by molar-refractivity contribution is 5.04. The van der Waals surface area contributed by atoms with Gasteiger partial charge in [-0.15, -0.1) is 0 Å². The quantitative estimate of drug-likeness (QED) is 0.598. The predicted molar refractivity (Wildman–Crippen MR) is 84.7 cm³/mol. The van der Waals surface area contributed by atoms with E-state index in [4.69, 9.17) is 4.74 Å². The zero-order chi connectivity index (χ0) is 15.4. The monoisotopic (exact) mass is 283 g/mol. The molecule has 0 aliphatic carbocycles. The number of nitrogens with one attached hydrogen (secondary N) is 1. The van der Waals surface area contributed by atoms with Crippen LogP contribution in [0.3, 0.4) is 0 Å². The van der Waals surface area contributed by atoms with Gasteiger partial charge in [0.1, 0.15) is 5.54 Å². The summed E-state index contributed by atoms with van der Waals surface area (Å²) in [5.41, 5.74) is -0.423. The molecular weight excluding hydrogens is 250 g/mol. The van der Waals surface area contributed by atoms with Gasteiger partial charge in [0, 0.05) is 26.2 Å². The Balaban J connectivity index is 4.52. The Morgan fingerprint density at radius 2 is 1.90 bits per heavy atom. The van der Waals surface area contributed by atoms with E-state index in [0.717, 1.165) is 51.9 Å². The lowest BCUT2D eigenvalue weighted by Crippen LogP contribution is -2.46. The summed E-state index contributed by atoms with van der Waals surface area (Å²) in [4.78, 5) is 2.46. The SMILES string of the molecule is CCCNC(C)(C#N)CCN(CCOC)C(CC)CC. The molecule has 0 aromatic heterocycles. The van der Waals surface area contributed by atoms with Gasteiger partial charge in [-0.05, 0) is 39.2 Å². The fourth-order valence-corrected chi connectivity index (χ4v) is 2.44. The van der Waals surface area contributed by atoms with E-state index in [1.54, 1.807) is 7.11 Å². The molecule has 0 saturated heterocycles. The van der Waals surface area contributed by atoms with Crippen molar-refractivity contribution in [2.75, 3.05) is 33.4 Å². The van der Waals surface area contributed by atoms with Crippen molar-refractivity contribution in [3.8, 4) is 6.07 Å². The molecule has 0 aromatic rings. The smallest absolute Gasteiger partial charge is 0.105 e. The highest BCUT2D eigenvalue weighted by Crippen LogP contribution is 2.14. The number of rotatable bonds is 12. The molecule has 0 bridgehead atoms. The molecule has 0 rings (SSSR count). The Kier molecular flexibility index (Phi) is 10.7. The van der Waals surface area contributed by atoms with Gasteiger partial charge in [-0.1, -0.05) is 20.8 Å². The maximum absolute atomic E-state index is 9.40. The number of nitriles is 1. The number of hydrogen-bond donors (Lipinski definition) is 1. The minimum absolute atomic E-state index is 0.423. The first-order valence-corrected chi connectivity index (χ1v) is 7.96. The fraction of sp³-hybridized carbons (Fsp3) is 0.938. The van der Waals surface area contributed by atoms with Crippen LogP contribution in [0.4, 0.5) is 0 Å². The number of methoxy groups -OCH3 is 1. The van der Waals surface area contributed by atoms with Crippen LogP contribution in [0.15, 0.2) is 0 Å². The van der Waals surface area contributed by atoms with Crippen molar-refractivity contribution >= 4 is 0 Å². The first-order chi connectivity index (χ1) is 9.56. The van der Waals surface area contributed by atoms with Crippen LogP contribution in [0.25, 0.3) is 0 Å². The predicted octanol–water partition coefficient (Wildman–Crippen LogP) is 2.80. The Morgan fingerprint density at radius 3 is 2.35 bits per heavy atom. The second-order valence-electron chi connectivity index (χ2n) is 5.62. The van der Waals surface area contributed by atoms with Crippen molar-refractivity contribution in [1.82, 2.24) is 10.2 Å². The Morgan fingerprint density at radius 1 is 1.25 bits per heavy atom. The molecule has 0 radical (unpaired) electrons. The van der Waals surface area contributed by atoms with Crippen molar-refractivity contribution in [1.29, 1.82) is 5.26 Å². The van der Waals surface area contributed by atoms with E-state index in [1.807, 2.05) is 6.92 Å². The number of nitrogens with zero attached hydrogens (tertiary/aromatic N) is 2. The zero-order valence-corrected chi connectivity index (χ0v) is 14.0. The van der Waals surface area contributed by atoms with E-state index in [0.29, 0.717) is 6.04 Å². The average molecular weight is 283 g/mol. The van der Waals surface area contributed by atoms with Gasteiger partial charge in [0.15, 0.2) is 0 Å². The molecule has 1 unspecified atom stereocenters. The van der Waals surface area contributed by atoms with Gasteiger partial charge >= 0.3 is 0 Å². The molecular formula is C16H33N3O. The fourth-order valence-electron chi connectivity index (χ4n) is 2.44. The molecule has 1 N–H and O–H groups in total. The number of ether oxygens (including phenoxy) is 1. The van der Waals surface area contributed by atoms with Crippen LogP contribution in [0.5, 0.6) is 0 Å². The molecule has 4 nitrogen and oxygen atoms in total. The van der Waals surface area contributed by atoms with Gasteiger partial charge in [0.05, 0.1) is 12.7 Å². The van der Waals surface area contributed by atoms with Crippen molar-refractivity contribution < 1.29 is 4.74 Å². The van der Waals surface area contributed by atoms with Gasteiger partial charge in [0.2, 0.25) is 0 Å². The summed E-state index contributed by atoms with van der Waals surface area (Å²) in [6, 6.07) is 3.01. The molecule has 0 heterocycles. The summed E-state index contributed by atoms with van der Waals surface area (Å²) in [6.45, 7) is 12.1. The van der Waals surface area contributed by atoms with Crippen LogP contribution >= 0.6 is 0 Å². The molecule has 0 spiro atoms. The molecule has 0 aliphatic rings. The van der Waals surface area contributed by atoms with Crippen LogP contribution in [-0.4, -0.2) is 49.8 Å². The first kappa shape index (κ1) is 19.4. The minimum atomic E-state index is -0.423. The van der Waals surface area contributed by atoms with Crippen molar-refractivity contribution in [2.45, 2.75) is 65.0 Å². The van der Waals surface area contributed by atoms with Gasteiger partial charge in [-0.3, -0.25) is 10.2 Å². The third-order valence-electron chi connectivity index (χ3n) is 3.95. The van der Waals surface area contributed by atoms with E-state index >= 15 is 0 Å². The lowest BCUT2D eigenvalue weighted by Gasteiger charge is -2.33. The van der Waals surface area contributed by atoms with E-state index in [9.17, 15) is 5.26 Å². The molecule has 4 heteroatoms. The highest BCUT2D eigenvalue weighted by atomic mass is 16.5. The molecule has 118 valence electrons. The van der Waals surface area contributed by atoms with Gasteiger partial charge in [0.25, 0.3) is 0 Å². The van der Waals surface area contributed by atoms with Gasteiger partial charge < -0.3 is 4.74 Å². The van der Waals surface area contributed by atoms with E-state index in [1.165, 1.54) is 0 Å².